The van der Waals surface area contributed by atoms with Crippen molar-refractivity contribution in [2.75, 3.05) is 6.54 Å². The number of likely N-dealkylation sites (tertiary alicyclic amines) is 1. The molecule has 0 radical (unpaired) electrons. The monoisotopic (exact) mass is 287 g/mol. The highest BCUT2D eigenvalue weighted by Crippen LogP contribution is 2.22. The third kappa shape index (κ3) is 5.00. The molecule has 6 nitrogen and oxygen atoms in total. The van der Waals surface area contributed by atoms with Gasteiger partial charge in [-0.25, -0.2) is 9.59 Å². The number of β-amino-alcohol motifs (C(OH)–C–C–N with tert-alkyl or cyclic N) is 1. The van der Waals surface area contributed by atoms with E-state index in [1.165, 1.54) is 4.90 Å². The van der Waals surface area contributed by atoms with Crippen LogP contribution in [0.5, 0.6) is 0 Å². The van der Waals surface area contributed by atoms with Gasteiger partial charge in [-0.15, -0.1) is 0 Å². The summed E-state index contributed by atoms with van der Waals surface area (Å²) in [5, 5.41) is 9.71. The van der Waals surface area contributed by atoms with E-state index >= 15 is 0 Å². The molecule has 1 aliphatic rings. The fraction of sp³-hybridized carbons (Fsp3) is 0.857. The highest BCUT2D eigenvalue weighted by Gasteiger charge is 2.38. The van der Waals surface area contributed by atoms with Gasteiger partial charge in [-0.1, -0.05) is 0 Å². The van der Waals surface area contributed by atoms with Gasteiger partial charge in [0.2, 0.25) is 0 Å². The summed E-state index contributed by atoms with van der Waals surface area (Å²) in [7, 11) is 0. The van der Waals surface area contributed by atoms with Crippen molar-refractivity contribution in [1.29, 1.82) is 0 Å². The van der Waals surface area contributed by atoms with E-state index in [0.29, 0.717) is 12.8 Å². The van der Waals surface area contributed by atoms with Crippen molar-refractivity contribution in [2.24, 2.45) is 0 Å². The van der Waals surface area contributed by atoms with Gasteiger partial charge in [0.05, 0.1) is 18.8 Å². The summed E-state index contributed by atoms with van der Waals surface area (Å²) < 4.78 is 10.4. The van der Waals surface area contributed by atoms with Crippen molar-refractivity contribution in [2.45, 2.75) is 71.3 Å². The van der Waals surface area contributed by atoms with Crippen LogP contribution >= 0.6 is 0 Å². The fourth-order valence-electron chi connectivity index (χ4n) is 2.03. The van der Waals surface area contributed by atoms with Crippen molar-refractivity contribution in [3.05, 3.63) is 0 Å². The standard InChI is InChI=1S/C14H25NO5/c1-9(2)19-12(17)11-7-6-10(16)8-15(11)13(18)20-14(3,4)5/h9-11,16H,6-8H2,1-5H3. The highest BCUT2D eigenvalue weighted by atomic mass is 16.6. The van der Waals surface area contributed by atoms with E-state index in [4.69, 9.17) is 9.47 Å². The molecule has 1 heterocycles. The van der Waals surface area contributed by atoms with E-state index in [-0.39, 0.29) is 12.6 Å². The van der Waals surface area contributed by atoms with Gasteiger partial charge < -0.3 is 14.6 Å². The average Bonchev–Trinajstić information content (AvgIpc) is 2.25. The van der Waals surface area contributed by atoms with Crippen LogP contribution in [-0.4, -0.2) is 52.5 Å². The first-order valence-corrected chi connectivity index (χ1v) is 6.98. The minimum Gasteiger partial charge on any atom is -0.461 e. The van der Waals surface area contributed by atoms with Gasteiger partial charge in [0.1, 0.15) is 11.6 Å². The van der Waals surface area contributed by atoms with E-state index in [1.54, 1.807) is 34.6 Å². The molecule has 1 amide bonds. The quantitative estimate of drug-likeness (QED) is 0.782. The van der Waals surface area contributed by atoms with Crippen LogP contribution in [0.15, 0.2) is 0 Å². The Kier molecular flexibility index (Phi) is 5.39. The van der Waals surface area contributed by atoms with Crippen molar-refractivity contribution >= 4 is 12.1 Å². The van der Waals surface area contributed by atoms with Gasteiger partial charge in [-0.3, -0.25) is 4.90 Å². The number of carbonyl (C=O) groups is 2. The molecule has 1 N–H and O–H groups in total. The van der Waals surface area contributed by atoms with Crippen molar-refractivity contribution in [1.82, 2.24) is 4.90 Å². The summed E-state index contributed by atoms with van der Waals surface area (Å²) in [6.07, 6.45) is -0.620. The summed E-state index contributed by atoms with van der Waals surface area (Å²) >= 11 is 0. The summed E-state index contributed by atoms with van der Waals surface area (Å²) in [6, 6.07) is -0.685. The lowest BCUT2D eigenvalue weighted by Crippen LogP contribution is -2.54. The molecular weight excluding hydrogens is 262 g/mol. The molecule has 116 valence electrons. The van der Waals surface area contributed by atoms with E-state index in [9.17, 15) is 14.7 Å². The summed E-state index contributed by atoms with van der Waals surface area (Å²) in [6.45, 7) is 8.87. The second-order valence-electron chi connectivity index (χ2n) is 6.37. The molecular formula is C14H25NO5. The Morgan fingerprint density at radius 1 is 1.25 bits per heavy atom. The lowest BCUT2D eigenvalue weighted by molar-refractivity contribution is -0.156. The number of esters is 1. The van der Waals surface area contributed by atoms with E-state index in [2.05, 4.69) is 0 Å². The lowest BCUT2D eigenvalue weighted by Gasteiger charge is -2.37. The van der Waals surface area contributed by atoms with E-state index < -0.39 is 29.8 Å². The Morgan fingerprint density at radius 2 is 1.85 bits per heavy atom. The molecule has 0 spiro atoms. The topological polar surface area (TPSA) is 76.1 Å². The summed E-state index contributed by atoms with van der Waals surface area (Å²) in [5.41, 5.74) is -0.647. The van der Waals surface area contributed by atoms with Crippen LogP contribution in [0.3, 0.4) is 0 Å². The van der Waals surface area contributed by atoms with E-state index in [1.807, 2.05) is 0 Å². The minimum atomic E-state index is -0.685. The maximum Gasteiger partial charge on any atom is 0.411 e. The molecule has 0 aliphatic carbocycles. The molecule has 6 heteroatoms. The SMILES string of the molecule is CC(C)OC(=O)C1CCC(O)CN1C(=O)OC(C)(C)C. The number of nitrogens with zero attached hydrogens (tertiary/aromatic N) is 1. The second kappa shape index (κ2) is 6.43. The summed E-state index contributed by atoms with van der Waals surface area (Å²) in [4.78, 5) is 25.5. The fourth-order valence-corrected chi connectivity index (χ4v) is 2.03. The van der Waals surface area contributed by atoms with Crippen LogP contribution in [-0.2, 0) is 14.3 Å². The zero-order valence-corrected chi connectivity index (χ0v) is 12.9. The van der Waals surface area contributed by atoms with Crippen molar-refractivity contribution in [3.8, 4) is 0 Å². The molecule has 0 aromatic carbocycles. The molecule has 2 unspecified atom stereocenters. The molecule has 0 saturated carbocycles. The molecule has 1 aliphatic heterocycles. The number of rotatable bonds is 2. The van der Waals surface area contributed by atoms with Crippen LogP contribution in [0.4, 0.5) is 4.79 Å². The molecule has 0 aromatic heterocycles. The Bertz CT molecular complexity index is 361. The van der Waals surface area contributed by atoms with Gasteiger partial charge in [0.15, 0.2) is 0 Å². The van der Waals surface area contributed by atoms with Gasteiger partial charge >= 0.3 is 12.1 Å². The molecule has 2 atom stereocenters. The molecule has 0 aromatic rings. The normalized spacial score (nSPS) is 23.6. The number of amides is 1. The number of carbonyl (C=O) groups excluding carboxylic acids is 2. The number of hydrogen-bond acceptors (Lipinski definition) is 5. The first-order chi connectivity index (χ1) is 9.10. The predicted molar refractivity (Wildman–Crippen MR) is 73.2 cm³/mol. The van der Waals surface area contributed by atoms with Gasteiger partial charge in [-0.05, 0) is 47.5 Å². The van der Waals surface area contributed by atoms with Gasteiger partial charge in [0, 0.05) is 0 Å². The zero-order valence-electron chi connectivity index (χ0n) is 12.9. The Balaban J connectivity index is 2.80. The number of hydrogen-bond donors (Lipinski definition) is 1. The molecule has 1 fully saturated rings. The number of piperidine rings is 1. The van der Waals surface area contributed by atoms with Crippen LogP contribution in [0, 0.1) is 0 Å². The number of aliphatic hydroxyl groups is 1. The van der Waals surface area contributed by atoms with Crippen molar-refractivity contribution < 1.29 is 24.2 Å². The van der Waals surface area contributed by atoms with Crippen LogP contribution < -0.4 is 0 Å². The average molecular weight is 287 g/mol. The zero-order chi connectivity index (χ0) is 15.5. The van der Waals surface area contributed by atoms with Gasteiger partial charge in [-0.2, -0.15) is 0 Å². The third-order valence-corrected chi connectivity index (χ3v) is 2.81. The summed E-state index contributed by atoms with van der Waals surface area (Å²) in [5.74, 6) is -0.447. The second-order valence-corrected chi connectivity index (χ2v) is 6.37. The minimum absolute atomic E-state index is 0.0901. The first kappa shape index (κ1) is 16.8. The molecule has 0 bridgehead atoms. The first-order valence-electron chi connectivity index (χ1n) is 6.98. The van der Waals surface area contributed by atoms with Crippen molar-refractivity contribution in [3.63, 3.8) is 0 Å². The van der Waals surface area contributed by atoms with Crippen LogP contribution in [0.2, 0.25) is 0 Å². The molecule has 20 heavy (non-hydrogen) atoms. The smallest absolute Gasteiger partial charge is 0.411 e. The Hall–Kier alpha value is -1.30. The number of ether oxygens (including phenoxy) is 2. The maximum absolute atomic E-state index is 12.1. The number of aliphatic hydroxyl groups excluding tert-OH is 1. The lowest BCUT2D eigenvalue weighted by atomic mass is 10.0. The highest BCUT2D eigenvalue weighted by molar-refractivity contribution is 5.82. The Labute approximate surface area is 120 Å². The van der Waals surface area contributed by atoms with Crippen LogP contribution in [0.1, 0.15) is 47.5 Å². The maximum atomic E-state index is 12.1. The Morgan fingerprint density at radius 3 is 2.35 bits per heavy atom. The largest absolute Gasteiger partial charge is 0.461 e. The van der Waals surface area contributed by atoms with E-state index in [0.717, 1.165) is 0 Å². The molecule has 1 rings (SSSR count). The van der Waals surface area contributed by atoms with Crippen LogP contribution in [0.25, 0.3) is 0 Å². The van der Waals surface area contributed by atoms with Gasteiger partial charge in [0.25, 0.3) is 0 Å². The molecule has 1 saturated heterocycles. The third-order valence-electron chi connectivity index (χ3n) is 2.81. The predicted octanol–water partition coefficient (Wildman–Crippen LogP) is 1.70.